The third-order valence-corrected chi connectivity index (χ3v) is 4.19. The first kappa shape index (κ1) is 18.8. The highest BCUT2D eigenvalue weighted by Crippen LogP contribution is 2.34. The standard InChI is InChI=1S/C16H13Cl2IN2O3/c1-2-24-14-6-9(5-13(18)15(14)22)8-20-21-16(23)11-7-10(19)3-4-12(11)17/h3-8,22H,2H2,1H3,(H,21,23)/b20-8-. The molecule has 0 radical (unpaired) electrons. The van der Waals surface area contributed by atoms with E-state index in [1.165, 1.54) is 12.3 Å². The number of hydrogen-bond acceptors (Lipinski definition) is 4. The lowest BCUT2D eigenvalue weighted by Gasteiger charge is -2.08. The number of amides is 1. The normalized spacial score (nSPS) is 10.8. The SMILES string of the molecule is CCOc1cc(/C=N\NC(=O)c2cc(I)ccc2Cl)cc(Cl)c1O. The number of ether oxygens (including phenoxy) is 1. The minimum absolute atomic E-state index is 0.134. The third kappa shape index (κ3) is 4.75. The summed E-state index contributed by atoms with van der Waals surface area (Å²) in [5, 5.41) is 14.1. The molecule has 0 atom stereocenters. The van der Waals surface area contributed by atoms with Gasteiger partial charge in [0.05, 0.1) is 28.4 Å². The van der Waals surface area contributed by atoms with Crippen molar-refractivity contribution in [1.82, 2.24) is 5.43 Å². The van der Waals surface area contributed by atoms with Crippen LogP contribution in [0, 0.1) is 3.57 Å². The molecule has 5 nitrogen and oxygen atoms in total. The first-order valence-corrected chi connectivity index (χ1v) is 8.69. The van der Waals surface area contributed by atoms with Crippen LogP contribution in [0.4, 0.5) is 0 Å². The Kier molecular flexibility index (Phi) is 6.70. The van der Waals surface area contributed by atoms with Gasteiger partial charge in [-0.05, 0) is 65.4 Å². The van der Waals surface area contributed by atoms with E-state index in [1.54, 1.807) is 31.2 Å². The summed E-state index contributed by atoms with van der Waals surface area (Å²) >= 11 is 14.0. The number of aromatic hydroxyl groups is 1. The molecule has 126 valence electrons. The van der Waals surface area contributed by atoms with Crippen LogP contribution in [-0.2, 0) is 0 Å². The van der Waals surface area contributed by atoms with Crippen LogP contribution in [0.2, 0.25) is 10.0 Å². The van der Waals surface area contributed by atoms with Crippen molar-refractivity contribution in [2.45, 2.75) is 6.92 Å². The van der Waals surface area contributed by atoms with E-state index >= 15 is 0 Å². The molecule has 0 aromatic heterocycles. The Bertz CT molecular complexity index is 797. The molecule has 1 amide bonds. The van der Waals surface area contributed by atoms with E-state index in [2.05, 4.69) is 33.1 Å². The Labute approximate surface area is 162 Å². The zero-order valence-electron chi connectivity index (χ0n) is 12.5. The van der Waals surface area contributed by atoms with Gasteiger partial charge in [-0.15, -0.1) is 0 Å². The lowest BCUT2D eigenvalue weighted by atomic mass is 10.2. The van der Waals surface area contributed by atoms with E-state index < -0.39 is 5.91 Å². The predicted molar refractivity (Wildman–Crippen MR) is 104 cm³/mol. The number of nitrogens with zero attached hydrogens (tertiary/aromatic N) is 1. The molecule has 0 bridgehead atoms. The van der Waals surface area contributed by atoms with Gasteiger partial charge in [-0.2, -0.15) is 5.10 Å². The van der Waals surface area contributed by atoms with Crippen molar-refractivity contribution in [1.29, 1.82) is 0 Å². The minimum atomic E-state index is -0.426. The molecular weight excluding hydrogens is 466 g/mol. The maximum absolute atomic E-state index is 12.1. The average molecular weight is 479 g/mol. The van der Waals surface area contributed by atoms with Gasteiger partial charge in [0.2, 0.25) is 0 Å². The summed E-state index contributed by atoms with van der Waals surface area (Å²) in [5.74, 6) is -0.312. The number of halogens is 3. The molecule has 0 spiro atoms. The molecule has 0 aliphatic carbocycles. The lowest BCUT2D eigenvalue weighted by molar-refractivity contribution is 0.0955. The van der Waals surface area contributed by atoms with Gasteiger partial charge < -0.3 is 9.84 Å². The molecule has 24 heavy (non-hydrogen) atoms. The number of benzene rings is 2. The second kappa shape index (κ2) is 8.55. The van der Waals surface area contributed by atoms with E-state index in [0.29, 0.717) is 22.8 Å². The molecule has 2 N–H and O–H groups in total. The van der Waals surface area contributed by atoms with Gasteiger partial charge in [-0.3, -0.25) is 4.79 Å². The number of carbonyl (C=O) groups excluding carboxylic acids is 1. The second-order valence-corrected chi connectivity index (χ2v) is 6.67. The minimum Gasteiger partial charge on any atom is -0.503 e. The molecule has 0 aliphatic rings. The Balaban J connectivity index is 2.14. The summed E-state index contributed by atoms with van der Waals surface area (Å²) in [7, 11) is 0. The predicted octanol–water partition coefficient (Wildman–Crippen LogP) is 4.47. The zero-order valence-corrected chi connectivity index (χ0v) is 16.2. The average Bonchev–Trinajstić information content (AvgIpc) is 2.54. The van der Waals surface area contributed by atoms with Gasteiger partial charge in [0.1, 0.15) is 0 Å². The summed E-state index contributed by atoms with van der Waals surface area (Å²) in [5.41, 5.74) is 3.30. The number of phenolic OH excluding ortho intramolecular Hbond substituents is 1. The highest BCUT2D eigenvalue weighted by atomic mass is 127. The lowest BCUT2D eigenvalue weighted by Crippen LogP contribution is -2.18. The van der Waals surface area contributed by atoms with Crippen LogP contribution < -0.4 is 10.2 Å². The topological polar surface area (TPSA) is 70.9 Å². The quantitative estimate of drug-likeness (QED) is 0.378. The maximum Gasteiger partial charge on any atom is 0.272 e. The molecule has 8 heteroatoms. The van der Waals surface area contributed by atoms with E-state index in [-0.39, 0.29) is 16.5 Å². The summed E-state index contributed by atoms with van der Waals surface area (Å²) in [6, 6.07) is 8.19. The summed E-state index contributed by atoms with van der Waals surface area (Å²) in [6.07, 6.45) is 1.40. The van der Waals surface area contributed by atoms with Crippen LogP contribution in [-0.4, -0.2) is 23.8 Å². The van der Waals surface area contributed by atoms with Gasteiger partial charge in [0.15, 0.2) is 11.5 Å². The van der Waals surface area contributed by atoms with E-state index in [9.17, 15) is 9.90 Å². The first-order chi connectivity index (χ1) is 11.4. The number of phenols is 1. The Morgan fingerprint density at radius 2 is 2.08 bits per heavy atom. The van der Waals surface area contributed by atoms with Crippen LogP contribution in [0.15, 0.2) is 35.4 Å². The number of rotatable bonds is 5. The Hall–Kier alpha value is -1.51. The highest BCUT2D eigenvalue weighted by molar-refractivity contribution is 14.1. The van der Waals surface area contributed by atoms with Crippen molar-refractivity contribution < 1.29 is 14.6 Å². The number of carbonyl (C=O) groups is 1. The van der Waals surface area contributed by atoms with Crippen molar-refractivity contribution in [3.05, 3.63) is 55.1 Å². The molecule has 0 aliphatic heterocycles. The van der Waals surface area contributed by atoms with Crippen molar-refractivity contribution in [3.63, 3.8) is 0 Å². The highest BCUT2D eigenvalue weighted by Gasteiger charge is 2.11. The van der Waals surface area contributed by atoms with Gasteiger partial charge in [-0.1, -0.05) is 23.2 Å². The fourth-order valence-electron chi connectivity index (χ4n) is 1.83. The number of hydrogen-bond donors (Lipinski definition) is 2. The monoisotopic (exact) mass is 478 g/mol. The van der Waals surface area contributed by atoms with E-state index in [0.717, 1.165) is 3.57 Å². The maximum atomic E-state index is 12.1. The largest absolute Gasteiger partial charge is 0.503 e. The van der Waals surface area contributed by atoms with Crippen molar-refractivity contribution in [3.8, 4) is 11.5 Å². The molecule has 0 heterocycles. The smallest absolute Gasteiger partial charge is 0.272 e. The van der Waals surface area contributed by atoms with Crippen LogP contribution in [0.1, 0.15) is 22.8 Å². The molecule has 0 unspecified atom stereocenters. The summed E-state index contributed by atoms with van der Waals surface area (Å²) < 4.78 is 6.17. The van der Waals surface area contributed by atoms with Crippen molar-refractivity contribution in [2.75, 3.05) is 6.61 Å². The van der Waals surface area contributed by atoms with E-state index in [4.69, 9.17) is 27.9 Å². The Morgan fingerprint density at radius 1 is 1.33 bits per heavy atom. The summed E-state index contributed by atoms with van der Waals surface area (Å²) in [4.78, 5) is 12.1. The molecule has 2 aromatic rings. The molecular formula is C16H13Cl2IN2O3. The van der Waals surface area contributed by atoms with Crippen LogP contribution in [0.3, 0.4) is 0 Å². The molecule has 0 saturated carbocycles. The number of hydrazone groups is 1. The van der Waals surface area contributed by atoms with Crippen LogP contribution >= 0.6 is 45.8 Å². The van der Waals surface area contributed by atoms with E-state index in [1.807, 2.05) is 0 Å². The van der Waals surface area contributed by atoms with Crippen molar-refractivity contribution in [2.24, 2.45) is 5.10 Å². The fraction of sp³-hybridized carbons (Fsp3) is 0.125. The van der Waals surface area contributed by atoms with Crippen LogP contribution in [0.5, 0.6) is 11.5 Å². The molecule has 0 fully saturated rings. The van der Waals surface area contributed by atoms with Crippen LogP contribution in [0.25, 0.3) is 0 Å². The third-order valence-electron chi connectivity index (χ3n) is 2.90. The van der Waals surface area contributed by atoms with Gasteiger partial charge in [-0.25, -0.2) is 5.43 Å². The first-order valence-electron chi connectivity index (χ1n) is 6.86. The molecule has 0 saturated heterocycles. The molecule has 2 rings (SSSR count). The zero-order chi connectivity index (χ0) is 17.7. The van der Waals surface area contributed by atoms with Gasteiger partial charge in [0, 0.05) is 3.57 Å². The molecule has 2 aromatic carbocycles. The van der Waals surface area contributed by atoms with Gasteiger partial charge in [0.25, 0.3) is 5.91 Å². The number of nitrogens with one attached hydrogen (secondary N) is 1. The van der Waals surface area contributed by atoms with Gasteiger partial charge >= 0.3 is 0 Å². The fourth-order valence-corrected chi connectivity index (χ4v) is 2.74. The summed E-state index contributed by atoms with van der Waals surface area (Å²) in [6.45, 7) is 2.17. The Morgan fingerprint density at radius 3 is 2.79 bits per heavy atom. The van der Waals surface area contributed by atoms with Crippen molar-refractivity contribution >= 4 is 57.9 Å². The second-order valence-electron chi connectivity index (χ2n) is 4.61.